The van der Waals surface area contributed by atoms with Gasteiger partial charge in [-0.1, -0.05) is 11.3 Å². The molecule has 1 aliphatic heterocycles. The summed E-state index contributed by atoms with van der Waals surface area (Å²) in [6.45, 7) is 3.83. The number of amides is 3. The van der Waals surface area contributed by atoms with E-state index in [0.717, 1.165) is 12.8 Å². The summed E-state index contributed by atoms with van der Waals surface area (Å²) in [7, 11) is 0. The molecule has 20 heavy (non-hydrogen) atoms. The lowest BCUT2D eigenvalue weighted by Crippen LogP contribution is -2.49. The Labute approximate surface area is 121 Å². The van der Waals surface area contributed by atoms with E-state index in [0.29, 0.717) is 29.6 Å². The molecule has 4 N–H and O–H groups in total. The number of likely N-dealkylation sites (tertiary alicyclic amines) is 1. The number of hydrogen-bond donors (Lipinski definition) is 3. The van der Waals surface area contributed by atoms with Gasteiger partial charge in [0.15, 0.2) is 5.13 Å². The lowest BCUT2D eigenvalue weighted by Gasteiger charge is -2.32. The zero-order chi connectivity index (χ0) is 14.5. The predicted octanol–water partition coefficient (Wildman–Crippen LogP) is 0.649. The largest absolute Gasteiger partial charge is 0.375 e. The zero-order valence-electron chi connectivity index (χ0n) is 11.4. The van der Waals surface area contributed by atoms with Gasteiger partial charge in [-0.05, 0) is 19.8 Å². The number of carbonyl (C=O) groups excluding carboxylic acids is 2. The second-order valence-corrected chi connectivity index (χ2v) is 5.70. The molecule has 1 aromatic heterocycles. The highest BCUT2D eigenvalue weighted by atomic mass is 32.1. The van der Waals surface area contributed by atoms with Gasteiger partial charge in [0, 0.05) is 25.7 Å². The molecule has 2 rings (SSSR count). The van der Waals surface area contributed by atoms with Gasteiger partial charge in [0.1, 0.15) is 4.88 Å². The van der Waals surface area contributed by atoms with Gasteiger partial charge in [0.05, 0.1) is 6.20 Å². The molecule has 1 aromatic rings. The predicted molar refractivity (Wildman–Crippen MR) is 77.7 cm³/mol. The second kappa shape index (κ2) is 6.56. The van der Waals surface area contributed by atoms with E-state index in [4.69, 9.17) is 5.73 Å². The first kappa shape index (κ1) is 14.6. The SMILES string of the molecule is CCNC(=O)N1CCC(NC(=O)c2cnc(N)s2)CC1. The van der Waals surface area contributed by atoms with Crippen molar-refractivity contribution in [3.63, 3.8) is 0 Å². The summed E-state index contributed by atoms with van der Waals surface area (Å²) in [5.74, 6) is -0.143. The van der Waals surface area contributed by atoms with Crippen LogP contribution in [0.2, 0.25) is 0 Å². The summed E-state index contributed by atoms with van der Waals surface area (Å²) in [5.41, 5.74) is 5.51. The van der Waals surface area contributed by atoms with Crippen LogP contribution < -0.4 is 16.4 Å². The Morgan fingerprint density at radius 1 is 1.50 bits per heavy atom. The number of aromatic nitrogens is 1. The van der Waals surface area contributed by atoms with Crippen molar-refractivity contribution in [2.75, 3.05) is 25.4 Å². The van der Waals surface area contributed by atoms with Crippen LogP contribution in [-0.4, -0.2) is 47.5 Å². The number of hydrogen-bond acceptors (Lipinski definition) is 5. The molecule has 0 aromatic carbocycles. The number of nitrogens with two attached hydrogens (primary N) is 1. The zero-order valence-corrected chi connectivity index (χ0v) is 12.2. The van der Waals surface area contributed by atoms with Gasteiger partial charge in [-0.3, -0.25) is 4.79 Å². The minimum absolute atomic E-state index is 0.0347. The number of urea groups is 1. The van der Waals surface area contributed by atoms with Crippen LogP contribution in [0.15, 0.2) is 6.20 Å². The molecule has 3 amide bonds. The number of carbonyl (C=O) groups is 2. The van der Waals surface area contributed by atoms with Crippen molar-refractivity contribution in [2.45, 2.75) is 25.8 Å². The Morgan fingerprint density at radius 2 is 2.20 bits per heavy atom. The molecule has 0 atom stereocenters. The van der Waals surface area contributed by atoms with Crippen LogP contribution >= 0.6 is 11.3 Å². The molecule has 0 aliphatic carbocycles. The van der Waals surface area contributed by atoms with Gasteiger partial charge in [-0.2, -0.15) is 0 Å². The molecular formula is C12H19N5O2S. The highest BCUT2D eigenvalue weighted by Gasteiger charge is 2.24. The maximum atomic E-state index is 12.0. The average molecular weight is 297 g/mol. The molecular weight excluding hydrogens is 278 g/mol. The Hall–Kier alpha value is -1.83. The summed E-state index contributed by atoms with van der Waals surface area (Å²) in [4.78, 5) is 29.8. The van der Waals surface area contributed by atoms with E-state index in [9.17, 15) is 9.59 Å². The molecule has 0 bridgehead atoms. The lowest BCUT2D eigenvalue weighted by molar-refractivity contribution is 0.0922. The Kier molecular flexibility index (Phi) is 4.78. The number of thiazole rings is 1. The standard InChI is InChI=1S/C12H19N5O2S/c1-2-14-12(19)17-5-3-8(4-6-17)16-10(18)9-7-15-11(13)20-9/h7-8H,2-6H2,1H3,(H2,13,15)(H,14,19)(H,16,18). The molecule has 0 radical (unpaired) electrons. The molecule has 1 fully saturated rings. The highest BCUT2D eigenvalue weighted by molar-refractivity contribution is 7.17. The van der Waals surface area contributed by atoms with Gasteiger partial charge in [-0.15, -0.1) is 0 Å². The Morgan fingerprint density at radius 3 is 2.75 bits per heavy atom. The fraction of sp³-hybridized carbons (Fsp3) is 0.583. The second-order valence-electron chi connectivity index (χ2n) is 4.63. The van der Waals surface area contributed by atoms with Crippen LogP contribution in [0.1, 0.15) is 29.4 Å². The maximum Gasteiger partial charge on any atom is 0.317 e. The number of nitrogens with one attached hydrogen (secondary N) is 2. The van der Waals surface area contributed by atoms with Gasteiger partial charge in [-0.25, -0.2) is 9.78 Å². The van der Waals surface area contributed by atoms with Gasteiger partial charge < -0.3 is 21.3 Å². The molecule has 8 heteroatoms. The van der Waals surface area contributed by atoms with Crippen molar-refractivity contribution in [1.29, 1.82) is 0 Å². The minimum Gasteiger partial charge on any atom is -0.375 e. The quantitative estimate of drug-likeness (QED) is 0.762. The summed E-state index contributed by atoms with van der Waals surface area (Å²) in [6.07, 6.45) is 3.01. The van der Waals surface area contributed by atoms with E-state index in [1.165, 1.54) is 17.5 Å². The van der Waals surface area contributed by atoms with E-state index >= 15 is 0 Å². The Bertz CT molecular complexity index is 482. The van der Waals surface area contributed by atoms with Gasteiger partial charge in [0.2, 0.25) is 0 Å². The third-order valence-corrected chi connectivity index (χ3v) is 4.02. The first-order valence-corrected chi connectivity index (χ1v) is 7.46. The molecule has 1 aliphatic rings. The lowest BCUT2D eigenvalue weighted by atomic mass is 10.1. The molecule has 7 nitrogen and oxygen atoms in total. The molecule has 2 heterocycles. The van der Waals surface area contributed by atoms with E-state index < -0.39 is 0 Å². The first-order chi connectivity index (χ1) is 9.60. The topological polar surface area (TPSA) is 100 Å². The summed E-state index contributed by atoms with van der Waals surface area (Å²) >= 11 is 1.18. The highest BCUT2D eigenvalue weighted by Crippen LogP contribution is 2.16. The van der Waals surface area contributed by atoms with Crippen molar-refractivity contribution in [3.05, 3.63) is 11.1 Å². The van der Waals surface area contributed by atoms with E-state index in [1.807, 2.05) is 6.92 Å². The molecule has 110 valence electrons. The van der Waals surface area contributed by atoms with Gasteiger partial charge >= 0.3 is 6.03 Å². The van der Waals surface area contributed by atoms with E-state index in [2.05, 4.69) is 15.6 Å². The number of piperidine rings is 1. The third kappa shape index (κ3) is 3.60. The number of rotatable bonds is 3. The molecule has 0 unspecified atom stereocenters. The smallest absolute Gasteiger partial charge is 0.317 e. The number of nitrogen functional groups attached to an aromatic ring is 1. The molecule has 0 spiro atoms. The van der Waals surface area contributed by atoms with Crippen molar-refractivity contribution >= 4 is 28.4 Å². The fourth-order valence-electron chi connectivity index (χ4n) is 2.14. The van der Waals surface area contributed by atoms with Crippen LogP contribution in [0.3, 0.4) is 0 Å². The summed E-state index contributed by atoms with van der Waals surface area (Å²) in [5, 5.41) is 6.13. The number of nitrogens with zero attached hydrogens (tertiary/aromatic N) is 2. The van der Waals surface area contributed by atoms with Gasteiger partial charge in [0.25, 0.3) is 5.91 Å². The van der Waals surface area contributed by atoms with Crippen LogP contribution in [0, 0.1) is 0 Å². The van der Waals surface area contributed by atoms with Crippen LogP contribution in [0.4, 0.5) is 9.93 Å². The van der Waals surface area contributed by atoms with Crippen molar-refractivity contribution in [3.8, 4) is 0 Å². The molecule has 1 saturated heterocycles. The third-order valence-electron chi connectivity index (χ3n) is 3.19. The molecule has 0 saturated carbocycles. The monoisotopic (exact) mass is 297 g/mol. The first-order valence-electron chi connectivity index (χ1n) is 6.65. The van der Waals surface area contributed by atoms with Crippen molar-refractivity contribution in [1.82, 2.24) is 20.5 Å². The summed E-state index contributed by atoms with van der Waals surface area (Å²) in [6, 6.07) is 0.0593. The van der Waals surface area contributed by atoms with Crippen molar-refractivity contribution < 1.29 is 9.59 Å². The fourth-order valence-corrected chi connectivity index (χ4v) is 2.73. The van der Waals surface area contributed by atoms with Crippen molar-refractivity contribution in [2.24, 2.45) is 0 Å². The van der Waals surface area contributed by atoms with Crippen LogP contribution in [0.25, 0.3) is 0 Å². The maximum absolute atomic E-state index is 12.0. The van der Waals surface area contributed by atoms with Crippen LogP contribution in [0.5, 0.6) is 0 Å². The van der Waals surface area contributed by atoms with Crippen LogP contribution in [-0.2, 0) is 0 Å². The van der Waals surface area contributed by atoms with E-state index in [-0.39, 0.29) is 18.0 Å². The normalized spacial score (nSPS) is 15.9. The average Bonchev–Trinajstić information content (AvgIpc) is 2.86. The van der Waals surface area contributed by atoms with E-state index in [1.54, 1.807) is 4.90 Å². The summed E-state index contributed by atoms with van der Waals surface area (Å²) < 4.78 is 0. The minimum atomic E-state index is -0.143. The Balaban J connectivity index is 1.80. The number of anilines is 1.